The Morgan fingerprint density at radius 2 is 1.76 bits per heavy atom. The second-order valence-corrected chi connectivity index (χ2v) is 11.3. The Labute approximate surface area is 198 Å². The van der Waals surface area contributed by atoms with Crippen LogP contribution in [0.15, 0.2) is 58.6 Å². The summed E-state index contributed by atoms with van der Waals surface area (Å²) in [4.78, 5) is 13.0. The van der Waals surface area contributed by atoms with Gasteiger partial charge in [0.2, 0.25) is 15.9 Å². The highest BCUT2D eigenvalue weighted by Gasteiger charge is 2.27. The number of hydrogen-bond donors (Lipinski definition) is 1. The molecule has 0 radical (unpaired) electrons. The third kappa shape index (κ3) is 5.13. The fourth-order valence-corrected chi connectivity index (χ4v) is 6.16. The van der Waals surface area contributed by atoms with Crippen LogP contribution in [-0.2, 0) is 14.8 Å². The van der Waals surface area contributed by atoms with Gasteiger partial charge < -0.3 is 5.32 Å². The van der Waals surface area contributed by atoms with E-state index >= 15 is 0 Å². The third-order valence-electron chi connectivity index (χ3n) is 5.53. The van der Waals surface area contributed by atoms with Crippen molar-refractivity contribution in [3.8, 4) is 5.69 Å². The fourth-order valence-electron chi connectivity index (χ4n) is 3.73. The molecule has 1 aliphatic rings. The number of rotatable bonds is 7. The van der Waals surface area contributed by atoms with Gasteiger partial charge in [-0.05, 0) is 75.6 Å². The molecule has 1 unspecified atom stereocenters. The maximum absolute atomic E-state index is 12.8. The number of sulfonamides is 1. The standard InChI is InChI=1S/C23H27N5O3S2/c1-16-7-6-8-20(15-16)28-18(3)25-26-23(28)32-17(2)22(29)24-19-9-11-21(12-10-19)33(30,31)27-13-4-5-14-27/h6-12,15,17H,4-5,13-14H2,1-3H3,(H,24,29). The number of hydrogen-bond acceptors (Lipinski definition) is 6. The highest BCUT2D eigenvalue weighted by molar-refractivity contribution is 8.00. The minimum Gasteiger partial charge on any atom is -0.325 e. The number of benzene rings is 2. The van der Waals surface area contributed by atoms with Crippen molar-refractivity contribution < 1.29 is 13.2 Å². The minimum atomic E-state index is -3.47. The van der Waals surface area contributed by atoms with Gasteiger partial charge in [-0.2, -0.15) is 4.31 Å². The largest absolute Gasteiger partial charge is 0.325 e. The third-order valence-corrected chi connectivity index (χ3v) is 8.49. The van der Waals surface area contributed by atoms with E-state index in [9.17, 15) is 13.2 Å². The first-order valence-electron chi connectivity index (χ1n) is 10.8. The van der Waals surface area contributed by atoms with Crippen molar-refractivity contribution >= 4 is 33.4 Å². The van der Waals surface area contributed by atoms with Gasteiger partial charge in [0.15, 0.2) is 5.16 Å². The fraction of sp³-hybridized carbons (Fsp3) is 0.348. The molecule has 174 valence electrons. The van der Waals surface area contributed by atoms with Crippen molar-refractivity contribution in [2.45, 2.75) is 48.9 Å². The van der Waals surface area contributed by atoms with Crippen LogP contribution in [0.2, 0.25) is 0 Å². The van der Waals surface area contributed by atoms with Gasteiger partial charge in [-0.25, -0.2) is 8.42 Å². The number of amides is 1. The molecule has 0 bridgehead atoms. The van der Waals surface area contributed by atoms with Crippen molar-refractivity contribution in [1.29, 1.82) is 0 Å². The lowest BCUT2D eigenvalue weighted by Crippen LogP contribution is -2.27. The van der Waals surface area contributed by atoms with E-state index in [1.54, 1.807) is 31.2 Å². The first kappa shape index (κ1) is 23.5. The molecule has 1 fully saturated rings. The van der Waals surface area contributed by atoms with E-state index in [0.29, 0.717) is 23.9 Å². The molecular formula is C23H27N5O3S2. The Morgan fingerprint density at radius 1 is 1.06 bits per heavy atom. The lowest BCUT2D eigenvalue weighted by Gasteiger charge is -2.16. The van der Waals surface area contributed by atoms with Crippen molar-refractivity contribution in [1.82, 2.24) is 19.1 Å². The molecule has 0 aliphatic carbocycles. The zero-order valence-corrected chi connectivity index (χ0v) is 20.5. The van der Waals surface area contributed by atoms with E-state index in [1.165, 1.54) is 16.1 Å². The summed E-state index contributed by atoms with van der Waals surface area (Å²) < 4.78 is 28.8. The highest BCUT2D eigenvalue weighted by atomic mass is 32.2. The van der Waals surface area contributed by atoms with Crippen molar-refractivity contribution in [3.05, 3.63) is 59.9 Å². The summed E-state index contributed by atoms with van der Waals surface area (Å²) in [6, 6.07) is 14.3. The average Bonchev–Trinajstić information content (AvgIpc) is 3.45. The number of thioether (sulfide) groups is 1. The normalized spacial score (nSPS) is 15.5. The summed E-state index contributed by atoms with van der Waals surface area (Å²) in [5, 5.41) is 11.5. The van der Waals surface area contributed by atoms with Crippen LogP contribution in [-0.4, -0.2) is 51.7 Å². The molecule has 1 aliphatic heterocycles. The molecule has 4 rings (SSSR count). The lowest BCUT2D eigenvalue weighted by molar-refractivity contribution is -0.115. The summed E-state index contributed by atoms with van der Waals surface area (Å²) in [6.07, 6.45) is 1.78. The summed E-state index contributed by atoms with van der Waals surface area (Å²) >= 11 is 1.32. The molecule has 1 aromatic heterocycles. The molecule has 2 aromatic carbocycles. The quantitative estimate of drug-likeness (QED) is 0.512. The first-order valence-corrected chi connectivity index (χ1v) is 13.1. The second-order valence-electron chi connectivity index (χ2n) is 8.09. The monoisotopic (exact) mass is 485 g/mol. The van der Waals surface area contributed by atoms with E-state index in [-0.39, 0.29) is 10.8 Å². The SMILES string of the molecule is Cc1cccc(-n2c(C)nnc2SC(C)C(=O)Nc2ccc(S(=O)(=O)N3CCCC3)cc2)c1. The van der Waals surface area contributed by atoms with E-state index in [2.05, 4.69) is 15.5 Å². The molecule has 1 atom stereocenters. The zero-order valence-electron chi connectivity index (χ0n) is 18.9. The first-order chi connectivity index (χ1) is 15.8. The number of carbonyl (C=O) groups excluding carboxylic acids is 1. The smallest absolute Gasteiger partial charge is 0.243 e. The van der Waals surface area contributed by atoms with Crippen LogP contribution in [0, 0.1) is 13.8 Å². The predicted octanol–water partition coefficient (Wildman–Crippen LogP) is 3.79. The van der Waals surface area contributed by atoms with Crippen LogP contribution in [0.1, 0.15) is 31.2 Å². The van der Waals surface area contributed by atoms with Gasteiger partial charge >= 0.3 is 0 Å². The second kappa shape index (κ2) is 9.66. The maximum atomic E-state index is 12.8. The number of aryl methyl sites for hydroxylation is 2. The number of nitrogens with zero attached hydrogens (tertiary/aromatic N) is 4. The highest BCUT2D eigenvalue weighted by Crippen LogP contribution is 2.27. The van der Waals surface area contributed by atoms with Crippen molar-refractivity contribution in [3.63, 3.8) is 0 Å². The Kier molecular flexibility index (Phi) is 6.87. The van der Waals surface area contributed by atoms with Crippen LogP contribution >= 0.6 is 11.8 Å². The number of carbonyl (C=O) groups is 1. The summed E-state index contributed by atoms with van der Waals surface area (Å²) in [5.74, 6) is 0.539. The van der Waals surface area contributed by atoms with Gasteiger partial charge in [-0.1, -0.05) is 23.9 Å². The van der Waals surface area contributed by atoms with E-state index < -0.39 is 15.3 Å². The molecule has 0 saturated carbocycles. The van der Waals surface area contributed by atoms with Gasteiger partial charge in [-0.3, -0.25) is 9.36 Å². The summed E-state index contributed by atoms with van der Waals surface area (Å²) in [6.45, 7) is 6.82. The van der Waals surface area contributed by atoms with Gasteiger partial charge in [-0.15, -0.1) is 10.2 Å². The van der Waals surface area contributed by atoms with Gasteiger partial charge in [0.05, 0.1) is 10.1 Å². The predicted molar refractivity (Wildman–Crippen MR) is 129 cm³/mol. The topological polar surface area (TPSA) is 97.2 Å². The molecule has 1 N–H and O–H groups in total. The Hall–Kier alpha value is -2.69. The molecule has 2 heterocycles. The molecule has 33 heavy (non-hydrogen) atoms. The zero-order chi connectivity index (χ0) is 23.6. The van der Waals surface area contributed by atoms with Gasteiger partial charge in [0.25, 0.3) is 0 Å². The molecule has 1 saturated heterocycles. The average molecular weight is 486 g/mol. The Balaban J connectivity index is 1.44. The molecule has 10 heteroatoms. The molecule has 3 aromatic rings. The molecular weight excluding hydrogens is 458 g/mol. The number of nitrogens with one attached hydrogen (secondary N) is 1. The van der Waals surface area contributed by atoms with E-state index in [1.807, 2.05) is 42.7 Å². The number of aromatic nitrogens is 3. The van der Waals surface area contributed by atoms with Crippen LogP contribution in [0.4, 0.5) is 5.69 Å². The molecule has 1 amide bonds. The van der Waals surface area contributed by atoms with Crippen molar-refractivity contribution in [2.75, 3.05) is 18.4 Å². The van der Waals surface area contributed by atoms with Crippen LogP contribution < -0.4 is 5.32 Å². The Bertz CT molecular complexity index is 1250. The number of anilines is 1. The lowest BCUT2D eigenvalue weighted by atomic mass is 10.2. The van der Waals surface area contributed by atoms with Crippen LogP contribution in [0.5, 0.6) is 0 Å². The maximum Gasteiger partial charge on any atom is 0.243 e. The van der Waals surface area contributed by atoms with Gasteiger partial charge in [0.1, 0.15) is 5.82 Å². The van der Waals surface area contributed by atoms with Crippen LogP contribution in [0.3, 0.4) is 0 Å². The van der Waals surface area contributed by atoms with Gasteiger partial charge in [0, 0.05) is 24.5 Å². The molecule has 0 spiro atoms. The molecule has 8 nitrogen and oxygen atoms in total. The van der Waals surface area contributed by atoms with E-state index in [4.69, 9.17) is 0 Å². The van der Waals surface area contributed by atoms with E-state index in [0.717, 1.165) is 29.9 Å². The summed E-state index contributed by atoms with van der Waals surface area (Å²) in [5.41, 5.74) is 2.61. The van der Waals surface area contributed by atoms with Crippen LogP contribution in [0.25, 0.3) is 5.69 Å². The minimum absolute atomic E-state index is 0.202. The summed E-state index contributed by atoms with van der Waals surface area (Å²) in [7, 11) is -3.47. The Morgan fingerprint density at radius 3 is 2.42 bits per heavy atom. The van der Waals surface area contributed by atoms with Crippen molar-refractivity contribution in [2.24, 2.45) is 0 Å².